The van der Waals surface area contributed by atoms with Crippen LogP contribution in [0.5, 0.6) is 5.75 Å². The molecule has 1 aliphatic heterocycles. The molecular weight excluding hydrogens is 254 g/mol. The summed E-state index contributed by atoms with van der Waals surface area (Å²) < 4.78 is 17.0. The average Bonchev–Trinajstić information content (AvgIpc) is 2.73. The molecule has 110 valence electrons. The van der Waals surface area contributed by atoms with E-state index in [-0.39, 0.29) is 0 Å². The molecular formula is C16H23NO3. The predicted octanol–water partition coefficient (Wildman–Crippen LogP) is 3.37. The number of rotatable bonds is 3. The zero-order chi connectivity index (χ0) is 13.8. The number of anilines is 1. The third kappa shape index (κ3) is 3.25. The quantitative estimate of drug-likeness (QED) is 0.680. The van der Waals surface area contributed by atoms with E-state index < -0.39 is 0 Å². The van der Waals surface area contributed by atoms with Crippen molar-refractivity contribution >= 4 is 5.69 Å². The normalized spacial score (nSPS) is 20.0. The van der Waals surface area contributed by atoms with Gasteiger partial charge in [-0.15, -0.1) is 0 Å². The van der Waals surface area contributed by atoms with Crippen molar-refractivity contribution in [1.82, 2.24) is 0 Å². The van der Waals surface area contributed by atoms with E-state index in [1.54, 1.807) is 0 Å². The number of nitrogen functional groups attached to an aromatic ring is 1. The molecule has 1 saturated carbocycles. The summed E-state index contributed by atoms with van der Waals surface area (Å²) in [5.74, 6) is 0.902. The average molecular weight is 277 g/mol. The maximum Gasteiger partial charge on any atom is 0.189 e. The van der Waals surface area contributed by atoms with E-state index in [0.717, 1.165) is 22.6 Å². The van der Waals surface area contributed by atoms with Gasteiger partial charge in [0.15, 0.2) is 6.79 Å². The van der Waals surface area contributed by atoms with Gasteiger partial charge in [-0.2, -0.15) is 0 Å². The van der Waals surface area contributed by atoms with E-state index in [1.807, 2.05) is 12.1 Å². The van der Waals surface area contributed by atoms with Crippen LogP contribution in [0.4, 0.5) is 5.69 Å². The zero-order valence-corrected chi connectivity index (χ0v) is 11.9. The number of fused-ring (bicyclic) bond motifs is 1. The highest BCUT2D eigenvalue weighted by Gasteiger charge is 2.18. The molecule has 0 spiro atoms. The summed E-state index contributed by atoms with van der Waals surface area (Å²) in [6, 6.07) is 3.88. The molecule has 3 rings (SSSR count). The fourth-order valence-electron chi connectivity index (χ4n) is 3.05. The van der Waals surface area contributed by atoms with Crippen LogP contribution in [0.2, 0.25) is 0 Å². The third-order valence-corrected chi connectivity index (χ3v) is 4.09. The molecule has 4 nitrogen and oxygen atoms in total. The van der Waals surface area contributed by atoms with Gasteiger partial charge in [0.05, 0.1) is 19.3 Å². The van der Waals surface area contributed by atoms with E-state index in [2.05, 4.69) is 0 Å². The lowest BCUT2D eigenvalue weighted by atomic mass is 10.1. The summed E-state index contributed by atoms with van der Waals surface area (Å²) in [6.45, 7) is 1.46. The van der Waals surface area contributed by atoms with E-state index in [1.165, 1.54) is 38.5 Å². The molecule has 2 N–H and O–H groups in total. The van der Waals surface area contributed by atoms with E-state index >= 15 is 0 Å². The Kier molecular flexibility index (Phi) is 4.43. The highest BCUT2D eigenvalue weighted by molar-refractivity contribution is 5.53. The Labute approximate surface area is 120 Å². The molecule has 0 unspecified atom stereocenters. The number of hydrogen-bond donors (Lipinski definition) is 1. The van der Waals surface area contributed by atoms with Crippen molar-refractivity contribution in [2.75, 3.05) is 12.5 Å². The summed E-state index contributed by atoms with van der Waals surface area (Å²) in [5.41, 5.74) is 8.77. The molecule has 0 radical (unpaired) electrons. The molecule has 2 aliphatic rings. The SMILES string of the molecule is Nc1cc2c(c(COC3CCCCCC3)c1)OCOC2. The van der Waals surface area contributed by atoms with E-state index in [4.69, 9.17) is 19.9 Å². The fourth-order valence-corrected chi connectivity index (χ4v) is 3.05. The molecule has 0 aromatic heterocycles. The lowest BCUT2D eigenvalue weighted by molar-refractivity contribution is -0.0204. The molecule has 4 heteroatoms. The zero-order valence-electron chi connectivity index (χ0n) is 11.9. The summed E-state index contributed by atoms with van der Waals surface area (Å²) in [6.07, 6.45) is 7.98. The van der Waals surface area contributed by atoms with Crippen LogP contribution in [-0.4, -0.2) is 12.9 Å². The van der Waals surface area contributed by atoms with Crippen molar-refractivity contribution < 1.29 is 14.2 Å². The molecule has 0 atom stereocenters. The lowest BCUT2D eigenvalue weighted by Crippen LogP contribution is -2.16. The van der Waals surface area contributed by atoms with Crippen molar-refractivity contribution in [3.63, 3.8) is 0 Å². The van der Waals surface area contributed by atoms with Crippen LogP contribution >= 0.6 is 0 Å². The molecule has 1 aromatic carbocycles. The Balaban J connectivity index is 1.68. The molecule has 0 saturated heterocycles. The maximum absolute atomic E-state index is 6.09. The first-order valence-corrected chi connectivity index (χ1v) is 7.56. The van der Waals surface area contributed by atoms with Gasteiger partial charge >= 0.3 is 0 Å². The van der Waals surface area contributed by atoms with Gasteiger partial charge in [0, 0.05) is 16.8 Å². The minimum Gasteiger partial charge on any atom is -0.467 e. The third-order valence-electron chi connectivity index (χ3n) is 4.09. The van der Waals surface area contributed by atoms with E-state index in [0.29, 0.717) is 26.1 Å². The van der Waals surface area contributed by atoms with Crippen molar-refractivity contribution in [2.24, 2.45) is 0 Å². The Morgan fingerprint density at radius 1 is 1.15 bits per heavy atom. The number of hydrogen-bond acceptors (Lipinski definition) is 4. The van der Waals surface area contributed by atoms with Crippen LogP contribution in [-0.2, 0) is 22.7 Å². The van der Waals surface area contributed by atoms with Crippen LogP contribution in [0.1, 0.15) is 49.7 Å². The second-order valence-electron chi connectivity index (χ2n) is 5.70. The van der Waals surface area contributed by atoms with Crippen LogP contribution in [0, 0.1) is 0 Å². The van der Waals surface area contributed by atoms with Gasteiger partial charge in [0.2, 0.25) is 0 Å². The molecule has 0 bridgehead atoms. The largest absolute Gasteiger partial charge is 0.467 e. The number of ether oxygens (including phenoxy) is 3. The smallest absolute Gasteiger partial charge is 0.189 e. The Morgan fingerprint density at radius 2 is 1.95 bits per heavy atom. The summed E-state index contributed by atoms with van der Waals surface area (Å²) in [4.78, 5) is 0. The van der Waals surface area contributed by atoms with Crippen LogP contribution in [0.15, 0.2) is 12.1 Å². The molecule has 1 aromatic rings. The van der Waals surface area contributed by atoms with Crippen molar-refractivity contribution in [3.05, 3.63) is 23.3 Å². The Hall–Kier alpha value is -1.26. The Bertz CT molecular complexity index is 453. The predicted molar refractivity (Wildman–Crippen MR) is 77.4 cm³/mol. The summed E-state index contributed by atoms with van der Waals surface area (Å²) in [5, 5.41) is 0. The fraction of sp³-hybridized carbons (Fsp3) is 0.625. The van der Waals surface area contributed by atoms with E-state index in [9.17, 15) is 0 Å². The molecule has 1 aliphatic carbocycles. The highest BCUT2D eigenvalue weighted by atomic mass is 16.7. The first-order valence-electron chi connectivity index (χ1n) is 7.56. The van der Waals surface area contributed by atoms with Gasteiger partial charge in [-0.05, 0) is 25.0 Å². The molecule has 0 amide bonds. The standard InChI is InChI=1S/C16H23NO3/c17-14-7-12-9-18-11-20-16(12)13(8-14)10-19-15-5-3-1-2-4-6-15/h7-8,15H,1-6,9-11,17H2. The van der Waals surface area contributed by atoms with Crippen molar-refractivity contribution in [2.45, 2.75) is 57.8 Å². The first kappa shape index (κ1) is 13.7. The topological polar surface area (TPSA) is 53.7 Å². The van der Waals surface area contributed by atoms with Crippen molar-refractivity contribution in [1.29, 1.82) is 0 Å². The van der Waals surface area contributed by atoms with Gasteiger partial charge < -0.3 is 19.9 Å². The Morgan fingerprint density at radius 3 is 2.75 bits per heavy atom. The minimum atomic E-state index is 0.313. The lowest BCUT2D eigenvalue weighted by Gasteiger charge is -2.22. The van der Waals surface area contributed by atoms with Gasteiger partial charge in [0.1, 0.15) is 5.75 Å². The minimum absolute atomic E-state index is 0.313. The summed E-state index contributed by atoms with van der Waals surface area (Å²) >= 11 is 0. The molecule has 20 heavy (non-hydrogen) atoms. The van der Waals surface area contributed by atoms with Crippen LogP contribution in [0.3, 0.4) is 0 Å². The maximum atomic E-state index is 6.09. The van der Waals surface area contributed by atoms with Gasteiger partial charge in [-0.3, -0.25) is 0 Å². The second kappa shape index (κ2) is 6.46. The van der Waals surface area contributed by atoms with Crippen LogP contribution < -0.4 is 10.5 Å². The first-order chi connectivity index (χ1) is 9.83. The summed E-state index contributed by atoms with van der Waals surface area (Å²) in [7, 11) is 0. The molecule has 1 heterocycles. The van der Waals surface area contributed by atoms with Crippen molar-refractivity contribution in [3.8, 4) is 5.75 Å². The second-order valence-corrected chi connectivity index (χ2v) is 5.70. The molecule has 1 fully saturated rings. The monoisotopic (exact) mass is 277 g/mol. The van der Waals surface area contributed by atoms with Gasteiger partial charge in [0.25, 0.3) is 0 Å². The van der Waals surface area contributed by atoms with Gasteiger partial charge in [-0.1, -0.05) is 25.7 Å². The van der Waals surface area contributed by atoms with Crippen LogP contribution in [0.25, 0.3) is 0 Å². The number of nitrogens with two attached hydrogens (primary N) is 1. The highest BCUT2D eigenvalue weighted by Crippen LogP contribution is 2.32. The van der Waals surface area contributed by atoms with Gasteiger partial charge in [-0.25, -0.2) is 0 Å². The number of benzene rings is 1.